The second-order valence-corrected chi connectivity index (χ2v) is 6.54. The molecule has 0 spiro atoms. The molecule has 6 heteroatoms. The van der Waals surface area contributed by atoms with Crippen LogP contribution in [0.4, 0.5) is 0 Å². The molecule has 1 amide bonds. The van der Waals surface area contributed by atoms with Crippen molar-refractivity contribution in [2.75, 3.05) is 20.2 Å². The molecule has 0 aromatic heterocycles. The van der Waals surface area contributed by atoms with E-state index >= 15 is 0 Å². The molecule has 0 fully saturated rings. The molecule has 1 unspecified atom stereocenters. The van der Waals surface area contributed by atoms with Crippen LogP contribution in [0.2, 0.25) is 0 Å². The summed E-state index contributed by atoms with van der Waals surface area (Å²) in [6, 6.07) is 11.9. The van der Waals surface area contributed by atoms with Crippen molar-refractivity contribution in [2.45, 2.75) is 39.3 Å². The summed E-state index contributed by atoms with van der Waals surface area (Å²) in [7, 11) is 1.34. The van der Waals surface area contributed by atoms with Gasteiger partial charge in [-0.1, -0.05) is 44.2 Å². The van der Waals surface area contributed by atoms with Crippen LogP contribution in [0.1, 0.15) is 32.8 Å². The Morgan fingerprint density at radius 2 is 1.96 bits per heavy atom. The maximum absolute atomic E-state index is 12.4. The van der Waals surface area contributed by atoms with Gasteiger partial charge < -0.3 is 10.1 Å². The molecule has 0 aliphatic carbocycles. The topological polar surface area (TPSA) is 82.4 Å². The van der Waals surface area contributed by atoms with Crippen LogP contribution in [0.3, 0.4) is 0 Å². The minimum Gasteiger partial charge on any atom is -0.469 e. The summed E-state index contributed by atoms with van der Waals surface area (Å²) in [6.07, 6.45) is 0.205. The van der Waals surface area contributed by atoms with Crippen molar-refractivity contribution in [2.24, 2.45) is 5.92 Å². The molecule has 0 aliphatic rings. The summed E-state index contributed by atoms with van der Waals surface area (Å²) in [6.45, 7) is 6.54. The minimum absolute atomic E-state index is 0.0147. The maximum Gasteiger partial charge on any atom is 0.306 e. The number of nitrogens with zero attached hydrogens (tertiary/aromatic N) is 2. The fourth-order valence-electron chi connectivity index (χ4n) is 2.24. The van der Waals surface area contributed by atoms with E-state index in [1.165, 1.54) is 7.11 Å². The summed E-state index contributed by atoms with van der Waals surface area (Å²) < 4.78 is 4.68. The second kappa shape index (κ2) is 9.80. The molecule has 6 nitrogen and oxygen atoms in total. The number of rotatable bonds is 9. The minimum atomic E-state index is -0.919. The van der Waals surface area contributed by atoms with E-state index in [0.717, 1.165) is 5.56 Å². The normalized spacial score (nSPS) is 13.2. The number of benzene rings is 1. The van der Waals surface area contributed by atoms with Gasteiger partial charge in [0.2, 0.25) is 5.91 Å². The standard InChI is InChI=1S/C19H27N3O3/c1-15(2)19(3,14-20)21-17(23)13-22(11-10-18(24)25-4)12-16-8-6-5-7-9-16/h5-9,15H,10-13H2,1-4H3,(H,21,23). The average Bonchev–Trinajstić information content (AvgIpc) is 2.59. The van der Waals surface area contributed by atoms with Crippen LogP contribution in [0.5, 0.6) is 0 Å². The number of nitrogens with one attached hydrogen (secondary N) is 1. The van der Waals surface area contributed by atoms with Gasteiger partial charge in [-0.2, -0.15) is 5.26 Å². The number of hydrogen-bond acceptors (Lipinski definition) is 5. The number of hydrogen-bond donors (Lipinski definition) is 1. The van der Waals surface area contributed by atoms with E-state index < -0.39 is 5.54 Å². The quantitative estimate of drug-likeness (QED) is 0.693. The van der Waals surface area contributed by atoms with Gasteiger partial charge in [0, 0.05) is 13.1 Å². The molecule has 1 atom stereocenters. The smallest absolute Gasteiger partial charge is 0.306 e. The third-order valence-electron chi connectivity index (χ3n) is 4.26. The van der Waals surface area contributed by atoms with Crippen molar-refractivity contribution < 1.29 is 14.3 Å². The Balaban J connectivity index is 2.76. The van der Waals surface area contributed by atoms with Crippen LogP contribution in [0.15, 0.2) is 30.3 Å². The van der Waals surface area contributed by atoms with Crippen molar-refractivity contribution in [3.05, 3.63) is 35.9 Å². The lowest BCUT2D eigenvalue weighted by Gasteiger charge is -2.29. The number of methoxy groups -OCH3 is 1. The van der Waals surface area contributed by atoms with Gasteiger partial charge in [-0.15, -0.1) is 0 Å². The Labute approximate surface area is 149 Å². The van der Waals surface area contributed by atoms with Gasteiger partial charge >= 0.3 is 5.97 Å². The van der Waals surface area contributed by atoms with E-state index in [1.807, 2.05) is 49.1 Å². The van der Waals surface area contributed by atoms with Crippen LogP contribution >= 0.6 is 0 Å². The Morgan fingerprint density at radius 1 is 1.32 bits per heavy atom. The molecule has 0 bridgehead atoms. The van der Waals surface area contributed by atoms with Gasteiger partial charge in [-0.25, -0.2) is 0 Å². The third-order valence-corrected chi connectivity index (χ3v) is 4.26. The zero-order valence-corrected chi connectivity index (χ0v) is 15.4. The summed E-state index contributed by atoms with van der Waals surface area (Å²) in [5, 5.41) is 12.1. The highest BCUT2D eigenvalue weighted by Gasteiger charge is 2.30. The lowest BCUT2D eigenvalue weighted by atomic mass is 9.90. The Kier molecular flexibility index (Phi) is 8.09. The van der Waals surface area contributed by atoms with Gasteiger partial charge in [-0.3, -0.25) is 14.5 Å². The molecule has 1 rings (SSSR count). The zero-order chi connectivity index (χ0) is 18.9. The molecule has 0 heterocycles. The van der Waals surface area contributed by atoms with Gasteiger partial charge in [0.05, 0.1) is 26.1 Å². The number of nitriles is 1. The predicted octanol–water partition coefficient (Wildman–Crippen LogP) is 2.11. The maximum atomic E-state index is 12.4. The lowest BCUT2D eigenvalue weighted by molar-refractivity contribution is -0.141. The summed E-state index contributed by atoms with van der Waals surface area (Å²) >= 11 is 0. The van der Waals surface area contributed by atoms with Crippen molar-refractivity contribution in [3.8, 4) is 6.07 Å². The summed E-state index contributed by atoms with van der Waals surface area (Å²) in [5.41, 5.74) is 0.129. The van der Waals surface area contributed by atoms with Crippen LogP contribution in [0.25, 0.3) is 0 Å². The fourth-order valence-corrected chi connectivity index (χ4v) is 2.24. The highest BCUT2D eigenvalue weighted by atomic mass is 16.5. The van der Waals surface area contributed by atoms with E-state index in [2.05, 4.69) is 16.1 Å². The molecule has 0 saturated carbocycles. The molecule has 25 heavy (non-hydrogen) atoms. The van der Waals surface area contributed by atoms with E-state index in [1.54, 1.807) is 6.92 Å². The number of ether oxygens (including phenoxy) is 1. The summed E-state index contributed by atoms with van der Waals surface area (Å²) in [5.74, 6) is -0.569. The molecule has 0 radical (unpaired) electrons. The number of amides is 1. The van der Waals surface area contributed by atoms with Crippen LogP contribution in [0, 0.1) is 17.2 Å². The third kappa shape index (κ3) is 6.94. The highest BCUT2D eigenvalue weighted by Crippen LogP contribution is 2.15. The lowest BCUT2D eigenvalue weighted by Crippen LogP contribution is -2.51. The van der Waals surface area contributed by atoms with Gasteiger partial charge in [0.25, 0.3) is 0 Å². The second-order valence-electron chi connectivity index (χ2n) is 6.54. The molecule has 0 aliphatic heterocycles. The first-order valence-corrected chi connectivity index (χ1v) is 8.36. The zero-order valence-electron chi connectivity index (χ0n) is 15.4. The van der Waals surface area contributed by atoms with Gasteiger partial charge in [0.1, 0.15) is 5.54 Å². The number of carbonyl (C=O) groups excluding carboxylic acids is 2. The number of carbonyl (C=O) groups is 2. The van der Waals surface area contributed by atoms with Crippen molar-refractivity contribution in [1.29, 1.82) is 5.26 Å². The molecule has 0 saturated heterocycles. The molecule has 136 valence electrons. The predicted molar refractivity (Wildman–Crippen MR) is 95.4 cm³/mol. The molecular weight excluding hydrogens is 318 g/mol. The molecular formula is C19H27N3O3. The fraction of sp³-hybridized carbons (Fsp3) is 0.526. The first kappa shape index (κ1) is 20.7. The Hall–Kier alpha value is -2.39. The highest BCUT2D eigenvalue weighted by molar-refractivity contribution is 5.79. The first-order chi connectivity index (χ1) is 11.8. The number of esters is 1. The Bertz CT molecular complexity index is 610. The monoisotopic (exact) mass is 345 g/mol. The van der Waals surface area contributed by atoms with E-state index in [9.17, 15) is 14.9 Å². The average molecular weight is 345 g/mol. The van der Waals surface area contributed by atoms with Crippen LogP contribution < -0.4 is 5.32 Å². The van der Waals surface area contributed by atoms with E-state index in [-0.39, 0.29) is 30.8 Å². The van der Waals surface area contributed by atoms with Gasteiger partial charge in [-0.05, 0) is 18.4 Å². The largest absolute Gasteiger partial charge is 0.469 e. The first-order valence-electron chi connectivity index (χ1n) is 8.36. The summed E-state index contributed by atoms with van der Waals surface area (Å²) in [4.78, 5) is 25.7. The van der Waals surface area contributed by atoms with Crippen molar-refractivity contribution >= 4 is 11.9 Å². The van der Waals surface area contributed by atoms with Crippen molar-refractivity contribution in [1.82, 2.24) is 10.2 Å². The van der Waals surface area contributed by atoms with Gasteiger partial charge in [0.15, 0.2) is 0 Å². The molecule has 1 aromatic carbocycles. The van der Waals surface area contributed by atoms with Crippen LogP contribution in [-0.2, 0) is 20.9 Å². The molecule has 1 aromatic rings. The molecule has 1 N–H and O–H groups in total. The SMILES string of the molecule is COC(=O)CCN(CC(=O)NC(C)(C#N)C(C)C)Cc1ccccc1. The van der Waals surface area contributed by atoms with Crippen LogP contribution in [-0.4, -0.2) is 42.5 Å². The van der Waals surface area contributed by atoms with E-state index in [4.69, 9.17) is 0 Å². The Morgan fingerprint density at radius 3 is 2.48 bits per heavy atom. The van der Waals surface area contributed by atoms with Crippen molar-refractivity contribution in [3.63, 3.8) is 0 Å². The van der Waals surface area contributed by atoms with E-state index in [0.29, 0.717) is 13.1 Å².